The summed E-state index contributed by atoms with van der Waals surface area (Å²) in [5.41, 5.74) is 0. The van der Waals surface area contributed by atoms with Crippen molar-refractivity contribution in [2.45, 2.75) is 20.1 Å². The summed E-state index contributed by atoms with van der Waals surface area (Å²) in [6.07, 6.45) is 0. The van der Waals surface area contributed by atoms with Gasteiger partial charge < -0.3 is 9.30 Å². The predicted molar refractivity (Wildman–Crippen MR) is 63.8 cm³/mol. The number of benzene rings is 1. The fraction of sp³-hybridized carbons (Fsp3) is 0.273. The van der Waals surface area contributed by atoms with E-state index in [4.69, 9.17) is 17.0 Å². The number of ether oxygens (including phenoxy) is 1. The normalized spacial score (nSPS) is 10.5. The number of aromatic nitrogens is 3. The van der Waals surface area contributed by atoms with Gasteiger partial charge >= 0.3 is 0 Å². The van der Waals surface area contributed by atoms with Gasteiger partial charge in [0, 0.05) is 6.54 Å². The zero-order chi connectivity index (χ0) is 12.3. The summed E-state index contributed by atoms with van der Waals surface area (Å²) >= 11 is 5.06. The quantitative estimate of drug-likeness (QED) is 0.852. The van der Waals surface area contributed by atoms with Gasteiger partial charge in [-0.25, -0.2) is 4.39 Å². The third-order valence-corrected chi connectivity index (χ3v) is 2.65. The second-order valence-electron chi connectivity index (χ2n) is 3.43. The van der Waals surface area contributed by atoms with Crippen LogP contribution in [-0.2, 0) is 13.2 Å². The van der Waals surface area contributed by atoms with Crippen LogP contribution in [0.3, 0.4) is 0 Å². The molecule has 0 fully saturated rings. The van der Waals surface area contributed by atoms with Crippen LogP contribution in [0, 0.1) is 10.6 Å². The van der Waals surface area contributed by atoms with Crippen LogP contribution in [0.4, 0.5) is 4.39 Å². The highest BCUT2D eigenvalue weighted by Crippen LogP contribution is 2.12. The third-order valence-electron chi connectivity index (χ3n) is 2.34. The van der Waals surface area contributed by atoms with Crippen molar-refractivity contribution in [3.05, 3.63) is 40.7 Å². The molecule has 2 aromatic rings. The Balaban J connectivity index is 2.07. The average molecular weight is 253 g/mol. The van der Waals surface area contributed by atoms with Gasteiger partial charge in [-0.2, -0.15) is 5.10 Å². The first kappa shape index (κ1) is 11.8. The molecule has 0 saturated heterocycles. The van der Waals surface area contributed by atoms with E-state index in [9.17, 15) is 4.39 Å². The number of H-pyrrole nitrogens is 1. The first-order valence-corrected chi connectivity index (χ1v) is 5.64. The van der Waals surface area contributed by atoms with Gasteiger partial charge in [-0.1, -0.05) is 0 Å². The van der Waals surface area contributed by atoms with Crippen LogP contribution >= 0.6 is 12.2 Å². The van der Waals surface area contributed by atoms with E-state index in [0.29, 0.717) is 17.1 Å². The molecule has 17 heavy (non-hydrogen) atoms. The Morgan fingerprint density at radius 1 is 1.41 bits per heavy atom. The highest BCUT2D eigenvalue weighted by molar-refractivity contribution is 7.71. The lowest BCUT2D eigenvalue weighted by molar-refractivity contribution is 0.289. The fourth-order valence-corrected chi connectivity index (χ4v) is 1.75. The molecule has 1 aromatic heterocycles. The lowest BCUT2D eigenvalue weighted by Crippen LogP contribution is -2.06. The van der Waals surface area contributed by atoms with Gasteiger partial charge in [0.15, 0.2) is 10.6 Å². The molecular weight excluding hydrogens is 241 g/mol. The second-order valence-corrected chi connectivity index (χ2v) is 3.82. The van der Waals surface area contributed by atoms with Crippen LogP contribution in [-0.4, -0.2) is 14.8 Å². The molecule has 0 amide bonds. The number of hydrogen-bond acceptors (Lipinski definition) is 3. The number of aromatic amines is 1. The van der Waals surface area contributed by atoms with Crippen molar-refractivity contribution in [1.29, 1.82) is 0 Å². The molecule has 0 aliphatic heterocycles. The molecule has 6 heteroatoms. The van der Waals surface area contributed by atoms with Crippen molar-refractivity contribution in [2.24, 2.45) is 0 Å². The van der Waals surface area contributed by atoms with Crippen molar-refractivity contribution < 1.29 is 9.13 Å². The van der Waals surface area contributed by atoms with Crippen LogP contribution in [0.5, 0.6) is 5.75 Å². The van der Waals surface area contributed by atoms with E-state index in [0.717, 1.165) is 12.4 Å². The number of rotatable bonds is 4. The number of halogens is 1. The van der Waals surface area contributed by atoms with E-state index in [1.807, 2.05) is 11.5 Å². The van der Waals surface area contributed by atoms with Crippen molar-refractivity contribution in [2.75, 3.05) is 0 Å². The van der Waals surface area contributed by atoms with Crippen LogP contribution in [0.1, 0.15) is 12.7 Å². The predicted octanol–water partition coefficient (Wildman–Crippen LogP) is 2.68. The molecule has 1 heterocycles. The number of nitrogens with zero attached hydrogens (tertiary/aromatic N) is 2. The lowest BCUT2D eigenvalue weighted by atomic mass is 10.3. The summed E-state index contributed by atoms with van der Waals surface area (Å²) in [6, 6.07) is 5.86. The minimum atomic E-state index is -0.284. The monoisotopic (exact) mass is 253 g/mol. The lowest BCUT2D eigenvalue weighted by Gasteiger charge is -2.06. The van der Waals surface area contributed by atoms with Gasteiger partial charge in [0.25, 0.3) is 0 Å². The molecule has 1 N–H and O–H groups in total. The van der Waals surface area contributed by atoms with E-state index in [1.165, 1.54) is 12.1 Å². The van der Waals surface area contributed by atoms with Crippen LogP contribution < -0.4 is 4.74 Å². The van der Waals surface area contributed by atoms with E-state index in [-0.39, 0.29) is 5.82 Å². The highest BCUT2D eigenvalue weighted by atomic mass is 32.1. The van der Waals surface area contributed by atoms with Crippen molar-refractivity contribution >= 4 is 12.2 Å². The Hall–Kier alpha value is -1.69. The van der Waals surface area contributed by atoms with Crippen LogP contribution in [0.25, 0.3) is 0 Å². The zero-order valence-corrected chi connectivity index (χ0v) is 10.1. The van der Waals surface area contributed by atoms with Gasteiger partial charge in [0.2, 0.25) is 0 Å². The number of hydrogen-bond donors (Lipinski definition) is 1. The van der Waals surface area contributed by atoms with Gasteiger partial charge in [-0.3, -0.25) is 5.10 Å². The van der Waals surface area contributed by atoms with E-state index >= 15 is 0 Å². The Morgan fingerprint density at radius 3 is 2.76 bits per heavy atom. The summed E-state index contributed by atoms with van der Waals surface area (Å²) in [6.45, 7) is 3.01. The molecule has 0 aliphatic carbocycles. The maximum absolute atomic E-state index is 12.7. The molecule has 0 spiro atoms. The minimum absolute atomic E-state index is 0.284. The summed E-state index contributed by atoms with van der Waals surface area (Å²) in [4.78, 5) is 0. The van der Waals surface area contributed by atoms with Crippen LogP contribution in [0.2, 0.25) is 0 Å². The Labute approximate surface area is 103 Å². The second kappa shape index (κ2) is 5.09. The number of nitrogens with one attached hydrogen (secondary N) is 1. The van der Waals surface area contributed by atoms with Crippen molar-refractivity contribution in [1.82, 2.24) is 14.8 Å². The summed E-state index contributed by atoms with van der Waals surface area (Å²) in [5.74, 6) is 1.04. The Morgan fingerprint density at radius 2 is 2.12 bits per heavy atom. The van der Waals surface area contributed by atoms with Crippen molar-refractivity contribution in [3.8, 4) is 5.75 Å². The standard InChI is InChI=1S/C11H12FN3OS/c1-2-15-10(13-14-11(15)17)7-16-9-5-3-8(12)4-6-9/h3-6H,2,7H2,1H3,(H,14,17). The molecule has 2 rings (SSSR count). The van der Waals surface area contributed by atoms with E-state index in [2.05, 4.69) is 10.2 Å². The first-order valence-electron chi connectivity index (χ1n) is 5.23. The topological polar surface area (TPSA) is 42.8 Å². The van der Waals surface area contributed by atoms with E-state index < -0.39 is 0 Å². The van der Waals surface area contributed by atoms with Crippen LogP contribution in [0.15, 0.2) is 24.3 Å². The Bertz CT molecular complexity index is 547. The van der Waals surface area contributed by atoms with Gasteiger partial charge in [-0.05, 0) is 43.4 Å². The minimum Gasteiger partial charge on any atom is -0.486 e. The molecule has 0 aliphatic rings. The maximum Gasteiger partial charge on any atom is 0.195 e. The molecule has 90 valence electrons. The maximum atomic E-state index is 12.7. The molecule has 1 aromatic carbocycles. The van der Waals surface area contributed by atoms with Crippen molar-refractivity contribution in [3.63, 3.8) is 0 Å². The van der Waals surface area contributed by atoms with E-state index in [1.54, 1.807) is 12.1 Å². The molecular formula is C11H12FN3OS. The zero-order valence-electron chi connectivity index (χ0n) is 9.31. The van der Waals surface area contributed by atoms with Gasteiger partial charge in [0.1, 0.15) is 18.2 Å². The average Bonchev–Trinajstić information content (AvgIpc) is 2.69. The largest absolute Gasteiger partial charge is 0.486 e. The summed E-state index contributed by atoms with van der Waals surface area (Å²) < 4.78 is 20.6. The molecule has 0 atom stereocenters. The smallest absolute Gasteiger partial charge is 0.195 e. The van der Waals surface area contributed by atoms with Gasteiger partial charge in [-0.15, -0.1) is 0 Å². The third kappa shape index (κ3) is 2.71. The fourth-order valence-electron chi connectivity index (χ4n) is 1.47. The highest BCUT2D eigenvalue weighted by Gasteiger charge is 2.05. The molecule has 0 saturated carbocycles. The van der Waals surface area contributed by atoms with Gasteiger partial charge in [0.05, 0.1) is 0 Å². The summed E-state index contributed by atoms with van der Waals surface area (Å²) in [7, 11) is 0. The molecule has 4 nitrogen and oxygen atoms in total. The SMILES string of the molecule is CCn1c(COc2ccc(F)cc2)n[nH]c1=S. The molecule has 0 radical (unpaired) electrons. The summed E-state index contributed by atoms with van der Waals surface area (Å²) in [5, 5.41) is 6.78. The molecule has 0 unspecified atom stereocenters. The molecule has 0 bridgehead atoms. The Kier molecular flexibility index (Phi) is 3.53. The first-order chi connectivity index (χ1) is 8.20.